The van der Waals surface area contributed by atoms with E-state index >= 15 is 0 Å². The van der Waals surface area contributed by atoms with Gasteiger partial charge in [-0.05, 0) is 26.0 Å². The van der Waals surface area contributed by atoms with E-state index in [1.807, 2.05) is 38.1 Å². The number of hydrogen-bond acceptors (Lipinski definition) is 3. The Morgan fingerprint density at radius 3 is 2.89 bits per heavy atom. The third-order valence-electron chi connectivity index (χ3n) is 3.05. The molecule has 2 rings (SSSR count). The van der Waals surface area contributed by atoms with Crippen LogP contribution in [0.4, 0.5) is 5.69 Å². The highest BCUT2D eigenvalue weighted by molar-refractivity contribution is 6.03. The molecule has 1 amide bonds. The first kappa shape index (κ1) is 13.5. The van der Waals surface area contributed by atoms with E-state index in [1.54, 1.807) is 19.5 Å². The van der Waals surface area contributed by atoms with Crippen molar-refractivity contribution in [1.29, 1.82) is 0 Å². The maximum absolute atomic E-state index is 12.3. The van der Waals surface area contributed by atoms with Crippen LogP contribution in [0.25, 0.3) is 10.8 Å². The van der Waals surface area contributed by atoms with Gasteiger partial charge in [0.05, 0.1) is 12.0 Å². The van der Waals surface area contributed by atoms with Crippen molar-refractivity contribution in [3.8, 4) is 0 Å². The molecule has 19 heavy (non-hydrogen) atoms. The van der Waals surface area contributed by atoms with E-state index in [-0.39, 0.29) is 5.91 Å². The van der Waals surface area contributed by atoms with Crippen LogP contribution >= 0.6 is 0 Å². The Hall–Kier alpha value is -1.94. The zero-order valence-corrected chi connectivity index (χ0v) is 11.4. The Kier molecular flexibility index (Phi) is 3.81. The van der Waals surface area contributed by atoms with E-state index in [4.69, 9.17) is 4.74 Å². The summed E-state index contributed by atoms with van der Waals surface area (Å²) in [5.41, 5.74) is 0.235. The van der Waals surface area contributed by atoms with Crippen molar-refractivity contribution in [2.75, 3.05) is 19.0 Å². The Labute approximate surface area is 112 Å². The Morgan fingerprint density at radius 1 is 1.37 bits per heavy atom. The smallest absolute Gasteiger partial charge is 0.232 e. The van der Waals surface area contributed by atoms with Gasteiger partial charge in [0.2, 0.25) is 5.91 Å². The molecule has 2 aromatic rings. The van der Waals surface area contributed by atoms with Gasteiger partial charge in [0.25, 0.3) is 0 Å². The summed E-state index contributed by atoms with van der Waals surface area (Å²) in [6.45, 7) is 4.10. The molecular formula is C15H18N2O2. The standard InChI is InChI=1S/C15H18N2O2/c1-15(2,10-19-3)14(18)17-13-6-4-5-11-9-16-8-7-12(11)13/h4-9H,10H2,1-3H3,(H,17,18). The van der Waals surface area contributed by atoms with Gasteiger partial charge in [-0.2, -0.15) is 0 Å². The first-order valence-electron chi connectivity index (χ1n) is 6.18. The van der Waals surface area contributed by atoms with Crippen molar-refractivity contribution in [1.82, 2.24) is 4.98 Å². The lowest BCUT2D eigenvalue weighted by Gasteiger charge is -2.22. The zero-order valence-electron chi connectivity index (χ0n) is 11.4. The number of benzene rings is 1. The largest absolute Gasteiger partial charge is 0.384 e. The number of carbonyl (C=O) groups excluding carboxylic acids is 1. The predicted octanol–water partition coefficient (Wildman–Crippen LogP) is 2.85. The number of fused-ring (bicyclic) bond motifs is 1. The number of carbonyl (C=O) groups is 1. The van der Waals surface area contributed by atoms with Gasteiger partial charge in [0.1, 0.15) is 0 Å². The lowest BCUT2D eigenvalue weighted by Crippen LogP contribution is -2.34. The third-order valence-corrected chi connectivity index (χ3v) is 3.05. The molecule has 0 atom stereocenters. The number of rotatable bonds is 4. The van der Waals surface area contributed by atoms with Crippen molar-refractivity contribution in [3.05, 3.63) is 36.7 Å². The minimum absolute atomic E-state index is 0.0568. The molecule has 0 aliphatic rings. The number of pyridine rings is 1. The van der Waals surface area contributed by atoms with Crippen molar-refractivity contribution in [2.24, 2.45) is 5.41 Å². The summed E-state index contributed by atoms with van der Waals surface area (Å²) >= 11 is 0. The highest BCUT2D eigenvalue weighted by Gasteiger charge is 2.27. The quantitative estimate of drug-likeness (QED) is 0.917. The van der Waals surface area contributed by atoms with Crippen LogP contribution in [-0.2, 0) is 9.53 Å². The molecular weight excluding hydrogens is 240 g/mol. The third kappa shape index (κ3) is 2.90. The summed E-state index contributed by atoms with van der Waals surface area (Å²) in [6.07, 6.45) is 3.50. The average Bonchev–Trinajstić information content (AvgIpc) is 2.39. The molecule has 0 aliphatic heterocycles. The van der Waals surface area contributed by atoms with E-state index < -0.39 is 5.41 Å². The van der Waals surface area contributed by atoms with E-state index in [9.17, 15) is 4.79 Å². The molecule has 1 heterocycles. The maximum atomic E-state index is 12.3. The van der Waals surface area contributed by atoms with Gasteiger partial charge in [-0.1, -0.05) is 12.1 Å². The van der Waals surface area contributed by atoms with Crippen LogP contribution < -0.4 is 5.32 Å². The van der Waals surface area contributed by atoms with Crippen LogP contribution in [0.5, 0.6) is 0 Å². The number of nitrogens with zero attached hydrogens (tertiary/aromatic N) is 1. The number of nitrogens with one attached hydrogen (secondary N) is 1. The van der Waals surface area contributed by atoms with Crippen LogP contribution in [0.2, 0.25) is 0 Å². The number of amides is 1. The number of methoxy groups -OCH3 is 1. The van der Waals surface area contributed by atoms with Gasteiger partial charge in [-0.25, -0.2) is 0 Å². The van der Waals surface area contributed by atoms with Gasteiger partial charge in [0.15, 0.2) is 0 Å². The normalized spacial score (nSPS) is 11.5. The van der Waals surface area contributed by atoms with Crippen molar-refractivity contribution in [2.45, 2.75) is 13.8 Å². The number of ether oxygens (including phenoxy) is 1. The molecule has 0 saturated carbocycles. The Bertz CT molecular complexity index is 588. The van der Waals surface area contributed by atoms with Gasteiger partial charge < -0.3 is 10.1 Å². The van der Waals surface area contributed by atoms with Gasteiger partial charge in [-0.3, -0.25) is 9.78 Å². The van der Waals surface area contributed by atoms with Crippen LogP contribution in [0, 0.1) is 5.41 Å². The molecule has 1 N–H and O–H groups in total. The van der Waals surface area contributed by atoms with E-state index in [0.29, 0.717) is 6.61 Å². The zero-order chi connectivity index (χ0) is 13.9. The van der Waals surface area contributed by atoms with Crippen molar-refractivity contribution >= 4 is 22.4 Å². The van der Waals surface area contributed by atoms with Gasteiger partial charge >= 0.3 is 0 Å². The fourth-order valence-electron chi connectivity index (χ4n) is 1.95. The maximum Gasteiger partial charge on any atom is 0.232 e. The lowest BCUT2D eigenvalue weighted by atomic mass is 9.93. The van der Waals surface area contributed by atoms with Crippen LogP contribution in [0.1, 0.15) is 13.8 Å². The molecule has 0 unspecified atom stereocenters. The highest BCUT2D eigenvalue weighted by atomic mass is 16.5. The first-order valence-corrected chi connectivity index (χ1v) is 6.18. The molecule has 1 aromatic heterocycles. The van der Waals surface area contributed by atoms with E-state index in [1.165, 1.54) is 0 Å². The number of aromatic nitrogens is 1. The predicted molar refractivity (Wildman–Crippen MR) is 76.0 cm³/mol. The summed E-state index contributed by atoms with van der Waals surface area (Å²) in [5, 5.41) is 4.95. The fraction of sp³-hybridized carbons (Fsp3) is 0.333. The summed E-state index contributed by atoms with van der Waals surface area (Å²) in [6, 6.07) is 7.67. The molecule has 0 saturated heterocycles. The molecule has 4 nitrogen and oxygen atoms in total. The minimum atomic E-state index is -0.566. The summed E-state index contributed by atoms with van der Waals surface area (Å²) in [7, 11) is 1.60. The summed E-state index contributed by atoms with van der Waals surface area (Å²) in [5.74, 6) is -0.0568. The van der Waals surface area contributed by atoms with E-state index in [0.717, 1.165) is 16.5 Å². The van der Waals surface area contributed by atoms with Crippen molar-refractivity contribution < 1.29 is 9.53 Å². The number of hydrogen-bond donors (Lipinski definition) is 1. The molecule has 4 heteroatoms. The average molecular weight is 258 g/mol. The summed E-state index contributed by atoms with van der Waals surface area (Å²) < 4.78 is 5.08. The number of anilines is 1. The molecule has 1 aromatic carbocycles. The van der Waals surface area contributed by atoms with Crippen LogP contribution in [0.15, 0.2) is 36.7 Å². The second-order valence-corrected chi connectivity index (χ2v) is 5.17. The summed E-state index contributed by atoms with van der Waals surface area (Å²) in [4.78, 5) is 16.3. The minimum Gasteiger partial charge on any atom is -0.384 e. The first-order chi connectivity index (χ1) is 9.04. The topological polar surface area (TPSA) is 51.2 Å². The molecule has 0 fully saturated rings. The van der Waals surface area contributed by atoms with Crippen LogP contribution in [0.3, 0.4) is 0 Å². The van der Waals surface area contributed by atoms with Crippen LogP contribution in [-0.4, -0.2) is 24.6 Å². The SMILES string of the molecule is COCC(C)(C)C(=O)Nc1cccc2cnccc12. The molecule has 0 spiro atoms. The van der Waals surface area contributed by atoms with Gasteiger partial charge in [0, 0.05) is 36.0 Å². The lowest BCUT2D eigenvalue weighted by molar-refractivity contribution is -0.126. The second-order valence-electron chi connectivity index (χ2n) is 5.17. The van der Waals surface area contributed by atoms with Crippen molar-refractivity contribution in [3.63, 3.8) is 0 Å². The van der Waals surface area contributed by atoms with E-state index in [2.05, 4.69) is 10.3 Å². The second kappa shape index (κ2) is 5.36. The Morgan fingerprint density at radius 2 is 2.16 bits per heavy atom. The highest BCUT2D eigenvalue weighted by Crippen LogP contribution is 2.25. The molecule has 0 aliphatic carbocycles. The monoisotopic (exact) mass is 258 g/mol. The Balaban J connectivity index is 2.29. The molecule has 100 valence electrons. The van der Waals surface area contributed by atoms with Gasteiger partial charge in [-0.15, -0.1) is 0 Å². The molecule has 0 bridgehead atoms. The molecule has 0 radical (unpaired) electrons. The fourth-order valence-corrected chi connectivity index (χ4v) is 1.95.